The molecule has 0 fully saturated rings. The molecule has 0 unspecified atom stereocenters. The van der Waals surface area contributed by atoms with Crippen LogP contribution in [0.25, 0.3) is 0 Å². The van der Waals surface area contributed by atoms with Crippen LogP contribution in [0.2, 0.25) is 0 Å². The minimum absolute atomic E-state index is 0.0427. The van der Waals surface area contributed by atoms with Crippen LogP contribution in [0.4, 0.5) is 0 Å². The zero-order valence-corrected chi connectivity index (χ0v) is 29.0. The van der Waals surface area contributed by atoms with Gasteiger partial charge >= 0.3 is 8.38 Å². The summed E-state index contributed by atoms with van der Waals surface area (Å²) in [6.07, 6.45) is 0. The molecule has 0 aromatic heterocycles. The van der Waals surface area contributed by atoms with Crippen LogP contribution in [0.1, 0.15) is 125 Å². The predicted molar refractivity (Wildman–Crippen MR) is 179 cm³/mol. The maximum absolute atomic E-state index is 6.93. The quantitative estimate of drug-likeness (QED) is 0.297. The summed E-state index contributed by atoms with van der Waals surface area (Å²) < 4.78 is 13.9. The van der Waals surface area contributed by atoms with Crippen molar-refractivity contribution in [1.82, 2.24) is 0 Å². The molecule has 0 bridgehead atoms. The third kappa shape index (κ3) is 8.36. The Hall–Kier alpha value is -2.35. The van der Waals surface area contributed by atoms with Gasteiger partial charge in [-0.1, -0.05) is 119 Å². The lowest BCUT2D eigenvalue weighted by atomic mass is 9.80. The zero-order valence-electron chi connectivity index (χ0n) is 28.1. The van der Waals surface area contributed by atoms with E-state index in [1.165, 1.54) is 22.3 Å². The van der Waals surface area contributed by atoms with E-state index in [0.717, 1.165) is 22.4 Å². The monoisotopic (exact) mass is 575 g/mol. The average Bonchev–Trinajstić information content (AvgIpc) is 2.81. The summed E-state index contributed by atoms with van der Waals surface area (Å²) in [7, 11) is -1.50. The first kappa shape index (κ1) is 33.2. The lowest BCUT2D eigenvalue weighted by Gasteiger charge is -2.31. The van der Waals surface area contributed by atoms with Crippen LogP contribution in [-0.2, 0) is 27.2 Å². The molecular weight excluding hydrogens is 521 g/mol. The Bertz CT molecular complexity index is 1260. The molecule has 0 aliphatic rings. The molecule has 0 aliphatic carbocycles. The molecule has 224 valence electrons. The zero-order chi connectivity index (χ0) is 31.2. The maximum Gasteiger partial charge on any atom is 0.326 e. The molecule has 0 aliphatic heterocycles. The van der Waals surface area contributed by atoms with E-state index in [4.69, 9.17) is 14.8 Å². The van der Waals surface area contributed by atoms with Crippen molar-refractivity contribution in [2.45, 2.75) is 124 Å². The second-order valence-corrected chi connectivity index (χ2v) is 17.5. The van der Waals surface area contributed by atoms with Gasteiger partial charge in [0.25, 0.3) is 0 Å². The number of benzene rings is 3. The topological polar surface area (TPSA) is 44.5 Å². The molecule has 3 nitrogen and oxygen atoms in total. The number of hydrogen-bond acceptors (Lipinski definition) is 3. The molecular formula is C37H54NO2P. The van der Waals surface area contributed by atoms with E-state index in [0.29, 0.717) is 0 Å². The van der Waals surface area contributed by atoms with Gasteiger partial charge in [-0.05, 0) is 76.5 Å². The molecule has 0 saturated carbocycles. The van der Waals surface area contributed by atoms with Crippen molar-refractivity contribution in [3.8, 4) is 11.5 Å². The number of nitrogens with two attached hydrogens (primary N) is 1. The van der Waals surface area contributed by atoms with E-state index in [9.17, 15) is 0 Å². The highest BCUT2D eigenvalue weighted by Crippen LogP contribution is 2.47. The highest BCUT2D eigenvalue weighted by molar-refractivity contribution is 7.56. The molecule has 0 saturated heterocycles. The van der Waals surface area contributed by atoms with Gasteiger partial charge in [0.2, 0.25) is 0 Å². The lowest BCUT2D eigenvalue weighted by molar-refractivity contribution is 0.466. The Kier molecular flexibility index (Phi) is 9.21. The Morgan fingerprint density at radius 3 is 1.10 bits per heavy atom. The molecule has 41 heavy (non-hydrogen) atoms. The molecule has 3 aromatic carbocycles. The first-order chi connectivity index (χ1) is 18.5. The molecule has 4 heteroatoms. The van der Waals surface area contributed by atoms with Crippen LogP contribution in [0.15, 0.2) is 60.7 Å². The van der Waals surface area contributed by atoms with Gasteiger partial charge in [0, 0.05) is 16.7 Å². The minimum atomic E-state index is -1.50. The third-order valence-corrected chi connectivity index (χ3v) is 8.94. The molecule has 0 amide bonds. The number of rotatable bonds is 6. The van der Waals surface area contributed by atoms with Crippen molar-refractivity contribution in [1.29, 1.82) is 0 Å². The van der Waals surface area contributed by atoms with Gasteiger partial charge in [-0.2, -0.15) is 0 Å². The van der Waals surface area contributed by atoms with Crippen molar-refractivity contribution in [3.05, 3.63) is 88.5 Å². The number of hydrogen-bond donors (Lipinski definition) is 1. The lowest BCUT2D eigenvalue weighted by Crippen LogP contribution is -2.29. The third-order valence-electron chi connectivity index (χ3n) is 7.49. The smallest absolute Gasteiger partial charge is 0.326 e. The van der Waals surface area contributed by atoms with Crippen LogP contribution in [0.5, 0.6) is 11.5 Å². The van der Waals surface area contributed by atoms with E-state index in [1.807, 2.05) is 13.8 Å². The van der Waals surface area contributed by atoms with Crippen molar-refractivity contribution in [2.24, 2.45) is 5.73 Å². The SMILES string of the molecule is CC(C)(C)c1ccc(OP(Oc2ccc(C(C)(C)C)cc2C(C)(C)C)c2ccc(C(C)(C)N)cc2)c(C(C)(C)C)c1. The Morgan fingerprint density at radius 2 is 0.805 bits per heavy atom. The second-order valence-electron chi connectivity index (χ2n) is 16.1. The van der Waals surface area contributed by atoms with Crippen molar-refractivity contribution in [2.75, 3.05) is 0 Å². The summed E-state index contributed by atoms with van der Waals surface area (Å²) in [4.78, 5) is 0. The summed E-state index contributed by atoms with van der Waals surface area (Å²) in [6, 6.07) is 21.7. The van der Waals surface area contributed by atoms with Crippen LogP contribution in [-0.4, -0.2) is 0 Å². The van der Waals surface area contributed by atoms with Gasteiger partial charge in [0.1, 0.15) is 11.5 Å². The minimum Gasteiger partial charge on any atom is -0.435 e. The Balaban J connectivity index is 2.18. The van der Waals surface area contributed by atoms with Gasteiger partial charge in [-0.25, -0.2) is 0 Å². The van der Waals surface area contributed by atoms with Gasteiger partial charge in [-0.3, -0.25) is 0 Å². The van der Waals surface area contributed by atoms with E-state index in [2.05, 4.69) is 144 Å². The van der Waals surface area contributed by atoms with Crippen molar-refractivity contribution < 1.29 is 9.05 Å². The van der Waals surface area contributed by atoms with Crippen molar-refractivity contribution in [3.63, 3.8) is 0 Å². The predicted octanol–water partition coefficient (Wildman–Crippen LogP) is 10.2. The summed E-state index contributed by atoms with van der Waals surface area (Å²) in [5.74, 6) is 1.73. The summed E-state index contributed by atoms with van der Waals surface area (Å²) in [6.45, 7) is 31.0. The fourth-order valence-corrected chi connectivity index (χ4v) is 5.96. The Labute approximate surface area is 252 Å². The van der Waals surface area contributed by atoms with E-state index < -0.39 is 13.9 Å². The Morgan fingerprint density at radius 1 is 0.463 bits per heavy atom. The molecule has 0 radical (unpaired) electrons. The highest BCUT2D eigenvalue weighted by atomic mass is 31.2. The van der Waals surface area contributed by atoms with Gasteiger partial charge in [0.05, 0.1) is 5.30 Å². The summed E-state index contributed by atoms with van der Waals surface area (Å²) in [5, 5.41) is 1.01. The second kappa shape index (κ2) is 11.4. The fraction of sp³-hybridized carbons (Fsp3) is 0.514. The molecule has 3 aromatic rings. The summed E-state index contributed by atoms with van der Waals surface area (Å²) in [5.41, 5.74) is 11.9. The van der Waals surface area contributed by atoms with Crippen LogP contribution in [0, 0.1) is 0 Å². The van der Waals surface area contributed by atoms with E-state index in [1.54, 1.807) is 0 Å². The molecule has 0 heterocycles. The first-order valence-electron chi connectivity index (χ1n) is 14.8. The van der Waals surface area contributed by atoms with Crippen LogP contribution < -0.4 is 20.1 Å². The van der Waals surface area contributed by atoms with E-state index in [-0.39, 0.29) is 21.7 Å². The van der Waals surface area contributed by atoms with Gasteiger partial charge < -0.3 is 14.8 Å². The highest BCUT2D eigenvalue weighted by Gasteiger charge is 2.30. The molecule has 2 N–H and O–H groups in total. The van der Waals surface area contributed by atoms with Gasteiger partial charge in [0.15, 0.2) is 0 Å². The van der Waals surface area contributed by atoms with Crippen LogP contribution in [0.3, 0.4) is 0 Å². The largest absolute Gasteiger partial charge is 0.435 e. The first-order valence-corrected chi connectivity index (χ1v) is 16.0. The molecule has 3 rings (SSSR count). The summed E-state index contributed by atoms with van der Waals surface area (Å²) >= 11 is 0. The van der Waals surface area contributed by atoms with Gasteiger partial charge in [-0.15, -0.1) is 0 Å². The van der Waals surface area contributed by atoms with E-state index >= 15 is 0 Å². The average molecular weight is 576 g/mol. The van der Waals surface area contributed by atoms with Crippen LogP contribution >= 0.6 is 8.38 Å². The molecule has 0 spiro atoms. The van der Waals surface area contributed by atoms with Crippen molar-refractivity contribution >= 4 is 13.7 Å². The normalized spacial score (nSPS) is 13.5. The standard InChI is InChI=1S/C37H54NO2P/c1-33(2,3)26-17-21-31(29(23-26)35(7,8)9)39-41(28-19-15-25(16-20-28)37(13,14)38)40-32-22-18-27(34(4,5)6)24-30(32)36(10,11)12/h15-24H,38H2,1-14H3. The maximum atomic E-state index is 6.93. The fourth-order valence-electron chi connectivity index (χ4n) is 4.64. The molecule has 0 atom stereocenters.